The van der Waals surface area contributed by atoms with Crippen LogP contribution in [0.15, 0.2) is 17.8 Å². The molecule has 2 aliphatic heterocycles. The van der Waals surface area contributed by atoms with Crippen molar-refractivity contribution in [1.82, 2.24) is 24.8 Å². The molecule has 1 spiro atoms. The number of aliphatic hydroxyl groups is 1. The molecule has 2 fully saturated rings. The first kappa shape index (κ1) is 19.5. The van der Waals surface area contributed by atoms with E-state index in [1.807, 2.05) is 23.4 Å². The summed E-state index contributed by atoms with van der Waals surface area (Å²) in [5, 5.41) is 13.6. The van der Waals surface area contributed by atoms with Crippen molar-refractivity contribution in [2.24, 2.45) is 5.41 Å². The van der Waals surface area contributed by atoms with Gasteiger partial charge in [0.05, 0.1) is 23.4 Å². The van der Waals surface area contributed by atoms with Crippen LogP contribution in [0.2, 0.25) is 0 Å². The summed E-state index contributed by atoms with van der Waals surface area (Å²) in [4.78, 5) is 28.8. The number of β-amino-alcohol motifs (C(OH)–C–C–N with tert-alkyl or cyclic N) is 1. The maximum absolute atomic E-state index is 12.6. The first-order valence-electron chi connectivity index (χ1n) is 10.1. The monoisotopic (exact) mass is 403 g/mol. The van der Waals surface area contributed by atoms with E-state index in [1.54, 1.807) is 17.5 Å². The molecule has 7 nitrogen and oxygen atoms in total. The first-order valence-corrected chi connectivity index (χ1v) is 11.0. The van der Waals surface area contributed by atoms with Crippen molar-refractivity contribution in [3.63, 3.8) is 0 Å². The Hall–Kier alpha value is -1.77. The summed E-state index contributed by atoms with van der Waals surface area (Å²) < 4.78 is 0. The zero-order chi connectivity index (χ0) is 19.6. The van der Waals surface area contributed by atoms with Gasteiger partial charge >= 0.3 is 0 Å². The molecule has 2 N–H and O–H groups in total. The Labute approximate surface area is 169 Å². The molecule has 152 valence electrons. The van der Waals surface area contributed by atoms with Crippen LogP contribution < -0.4 is 0 Å². The van der Waals surface area contributed by atoms with E-state index >= 15 is 0 Å². The largest absolute Gasteiger partial charge is 0.392 e. The van der Waals surface area contributed by atoms with Gasteiger partial charge in [0, 0.05) is 50.4 Å². The Bertz CT molecular complexity index is 782. The molecule has 0 saturated carbocycles. The van der Waals surface area contributed by atoms with Gasteiger partial charge in [-0.25, -0.2) is 9.97 Å². The molecule has 2 aliphatic rings. The van der Waals surface area contributed by atoms with Gasteiger partial charge in [-0.15, -0.1) is 11.3 Å². The van der Waals surface area contributed by atoms with Crippen LogP contribution in [0.5, 0.6) is 0 Å². The zero-order valence-corrected chi connectivity index (χ0v) is 17.2. The van der Waals surface area contributed by atoms with Crippen LogP contribution in [0.1, 0.15) is 42.2 Å². The summed E-state index contributed by atoms with van der Waals surface area (Å²) in [6, 6.07) is 0. The smallest absolute Gasteiger partial charge is 0.222 e. The number of aromatic nitrogens is 3. The van der Waals surface area contributed by atoms with Crippen LogP contribution in [0.4, 0.5) is 0 Å². The van der Waals surface area contributed by atoms with Crippen molar-refractivity contribution < 1.29 is 9.90 Å². The summed E-state index contributed by atoms with van der Waals surface area (Å²) in [5.74, 6) is 1.17. The van der Waals surface area contributed by atoms with E-state index in [9.17, 15) is 9.90 Å². The summed E-state index contributed by atoms with van der Waals surface area (Å²) in [5.41, 5.74) is 1.13. The van der Waals surface area contributed by atoms with E-state index in [-0.39, 0.29) is 17.4 Å². The number of carbonyl (C=O) groups is 1. The van der Waals surface area contributed by atoms with Crippen LogP contribution in [-0.4, -0.2) is 68.0 Å². The number of amides is 1. The standard InChI is InChI=1S/C20H29N5O2S/c1-15-23-16(13-28-15)2-3-19(27)25-8-4-20(5-9-25)10-17(26)11-24(14-20)12-18-21-6-7-22-18/h6-7,13,17,26H,2-5,8-12,14H2,1H3,(H,21,22). The zero-order valence-electron chi connectivity index (χ0n) is 16.4. The van der Waals surface area contributed by atoms with Gasteiger partial charge in [-0.1, -0.05) is 0 Å². The minimum atomic E-state index is -0.307. The molecule has 2 saturated heterocycles. The highest BCUT2D eigenvalue weighted by Crippen LogP contribution is 2.40. The van der Waals surface area contributed by atoms with Gasteiger partial charge in [-0.2, -0.15) is 0 Å². The average Bonchev–Trinajstić information content (AvgIpc) is 3.31. The molecule has 1 atom stereocenters. The molecule has 0 aliphatic carbocycles. The molecule has 8 heteroatoms. The molecule has 2 aromatic heterocycles. The van der Waals surface area contributed by atoms with Gasteiger partial charge in [-0.3, -0.25) is 9.69 Å². The molecular weight excluding hydrogens is 374 g/mol. The molecule has 4 rings (SSSR count). The second-order valence-electron chi connectivity index (χ2n) is 8.30. The van der Waals surface area contributed by atoms with Gasteiger partial charge in [0.2, 0.25) is 5.91 Å². The number of piperidine rings is 2. The average molecular weight is 404 g/mol. The maximum atomic E-state index is 12.6. The molecule has 0 bridgehead atoms. The quantitative estimate of drug-likeness (QED) is 0.797. The van der Waals surface area contributed by atoms with E-state index in [1.165, 1.54) is 0 Å². The number of aryl methyl sites for hydroxylation is 2. The lowest BCUT2D eigenvalue weighted by atomic mass is 9.71. The number of thiazole rings is 1. The van der Waals surface area contributed by atoms with Gasteiger partial charge in [-0.05, 0) is 38.0 Å². The highest BCUT2D eigenvalue weighted by atomic mass is 32.1. The van der Waals surface area contributed by atoms with Crippen molar-refractivity contribution >= 4 is 17.2 Å². The van der Waals surface area contributed by atoms with Crippen molar-refractivity contribution in [2.75, 3.05) is 26.2 Å². The second kappa shape index (κ2) is 8.31. The fourth-order valence-electron chi connectivity index (χ4n) is 4.69. The molecule has 2 aromatic rings. The van der Waals surface area contributed by atoms with Gasteiger partial charge < -0.3 is 15.0 Å². The molecule has 4 heterocycles. The van der Waals surface area contributed by atoms with Gasteiger partial charge in [0.25, 0.3) is 0 Å². The Balaban J connectivity index is 1.29. The first-order chi connectivity index (χ1) is 13.5. The summed E-state index contributed by atoms with van der Waals surface area (Å²) in [6.07, 6.45) is 7.30. The molecular formula is C20H29N5O2S. The lowest BCUT2D eigenvalue weighted by molar-refractivity contribution is -0.135. The summed E-state index contributed by atoms with van der Waals surface area (Å²) >= 11 is 1.64. The second-order valence-corrected chi connectivity index (χ2v) is 9.36. The molecule has 0 radical (unpaired) electrons. The van der Waals surface area contributed by atoms with E-state index < -0.39 is 0 Å². The number of likely N-dealkylation sites (tertiary alicyclic amines) is 2. The minimum Gasteiger partial charge on any atom is -0.392 e. The lowest BCUT2D eigenvalue weighted by Crippen LogP contribution is -2.54. The summed E-state index contributed by atoms with van der Waals surface area (Å²) in [6.45, 7) is 5.96. The molecule has 1 unspecified atom stereocenters. The van der Waals surface area contributed by atoms with Crippen LogP contribution in [0.3, 0.4) is 0 Å². The van der Waals surface area contributed by atoms with Crippen LogP contribution in [0.25, 0.3) is 0 Å². The van der Waals surface area contributed by atoms with Crippen LogP contribution in [0, 0.1) is 12.3 Å². The fraction of sp³-hybridized carbons (Fsp3) is 0.650. The summed E-state index contributed by atoms with van der Waals surface area (Å²) in [7, 11) is 0. The van der Waals surface area contributed by atoms with Crippen LogP contribution >= 0.6 is 11.3 Å². The number of imidazole rings is 1. The maximum Gasteiger partial charge on any atom is 0.222 e. The van der Waals surface area contributed by atoms with Gasteiger partial charge in [0.1, 0.15) is 5.82 Å². The Morgan fingerprint density at radius 1 is 1.43 bits per heavy atom. The number of H-pyrrole nitrogens is 1. The third-order valence-corrected chi connectivity index (χ3v) is 6.89. The Morgan fingerprint density at radius 3 is 2.93 bits per heavy atom. The van der Waals surface area contributed by atoms with Crippen molar-refractivity contribution in [3.8, 4) is 0 Å². The number of carbonyl (C=O) groups excluding carboxylic acids is 1. The molecule has 1 amide bonds. The number of hydrogen-bond donors (Lipinski definition) is 2. The third-order valence-electron chi connectivity index (χ3n) is 6.06. The van der Waals surface area contributed by atoms with Crippen molar-refractivity contribution in [2.45, 2.75) is 51.7 Å². The lowest BCUT2D eigenvalue weighted by Gasteiger charge is -2.49. The topological polar surface area (TPSA) is 85.3 Å². The van der Waals surface area contributed by atoms with Gasteiger partial charge in [0.15, 0.2) is 0 Å². The highest BCUT2D eigenvalue weighted by Gasteiger charge is 2.42. The Morgan fingerprint density at radius 2 is 2.25 bits per heavy atom. The predicted octanol–water partition coefficient (Wildman–Crippen LogP) is 1.98. The van der Waals surface area contributed by atoms with E-state index in [0.29, 0.717) is 13.0 Å². The van der Waals surface area contributed by atoms with Crippen molar-refractivity contribution in [3.05, 3.63) is 34.3 Å². The highest BCUT2D eigenvalue weighted by molar-refractivity contribution is 7.09. The molecule has 28 heavy (non-hydrogen) atoms. The fourth-order valence-corrected chi connectivity index (χ4v) is 5.34. The predicted molar refractivity (Wildman–Crippen MR) is 108 cm³/mol. The number of nitrogens with one attached hydrogen (secondary N) is 1. The van der Waals surface area contributed by atoms with E-state index in [4.69, 9.17) is 0 Å². The Kier molecular flexibility index (Phi) is 5.80. The molecule has 0 aromatic carbocycles. The number of aliphatic hydroxyl groups excluding tert-OH is 1. The minimum absolute atomic E-state index is 0.104. The van der Waals surface area contributed by atoms with Crippen LogP contribution in [-0.2, 0) is 17.8 Å². The number of nitrogens with zero attached hydrogens (tertiary/aromatic N) is 4. The SMILES string of the molecule is Cc1nc(CCC(=O)N2CCC3(CC2)CC(O)CN(Cc2ncc[nH]2)C3)cs1. The third kappa shape index (κ3) is 4.61. The van der Waals surface area contributed by atoms with E-state index in [2.05, 4.69) is 19.9 Å². The van der Waals surface area contributed by atoms with Crippen molar-refractivity contribution in [1.29, 1.82) is 0 Å². The number of hydrogen-bond acceptors (Lipinski definition) is 6. The number of rotatable bonds is 5. The van der Waals surface area contributed by atoms with E-state index in [0.717, 1.165) is 68.4 Å². The normalized spacial score (nSPS) is 22.6. The number of aromatic amines is 1.